The third-order valence-corrected chi connectivity index (χ3v) is 22.7. The molecular formula is C17H24OSi2. The molecule has 0 saturated carbocycles. The second-order valence-corrected chi connectivity index (χ2v) is 21.5. The Bertz CT molecular complexity index is 577. The van der Waals surface area contributed by atoms with Crippen molar-refractivity contribution >= 4 is 25.6 Å². The molecule has 0 aliphatic heterocycles. The van der Waals surface area contributed by atoms with E-state index in [9.17, 15) is 5.11 Å². The molecule has 2 rings (SSSR count). The molecule has 20 heavy (non-hydrogen) atoms. The minimum atomic E-state index is -1.63. The molecule has 0 heterocycles. The van der Waals surface area contributed by atoms with E-state index in [-0.39, 0.29) is 6.61 Å². The van der Waals surface area contributed by atoms with Gasteiger partial charge in [0.15, 0.2) is 0 Å². The van der Waals surface area contributed by atoms with Crippen LogP contribution in [-0.2, 0) is 6.61 Å². The molecule has 0 saturated heterocycles. The fraction of sp³-hybridized carbons (Fsp3) is 0.294. The molecule has 0 bridgehead atoms. The minimum absolute atomic E-state index is 0.145. The highest BCUT2D eigenvalue weighted by atomic mass is 29.3. The molecule has 0 fully saturated rings. The van der Waals surface area contributed by atoms with Crippen LogP contribution < -0.4 is 10.4 Å². The predicted octanol–water partition coefficient (Wildman–Crippen LogP) is 2.79. The fourth-order valence-corrected chi connectivity index (χ4v) is 12.1. The van der Waals surface area contributed by atoms with Gasteiger partial charge in [-0.1, -0.05) is 91.2 Å². The smallest absolute Gasteiger partial charge is 0.0796 e. The molecule has 2 aromatic carbocycles. The van der Waals surface area contributed by atoms with Crippen molar-refractivity contribution in [2.75, 3.05) is 0 Å². The van der Waals surface area contributed by atoms with Crippen LogP contribution in [0.4, 0.5) is 0 Å². The molecule has 0 amide bonds. The van der Waals surface area contributed by atoms with E-state index in [1.165, 1.54) is 10.4 Å². The lowest BCUT2D eigenvalue weighted by atomic mass is 10.2. The Morgan fingerprint density at radius 2 is 1.30 bits per heavy atom. The van der Waals surface area contributed by atoms with Crippen molar-refractivity contribution in [3.8, 4) is 0 Å². The van der Waals surface area contributed by atoms with Gasteiger partial charge in [0.1, 0.15) is 0 Å². The summed E-state index contributed by atoms with van der Waals surface area (Å²) in [5.41, 5.74) is 1.11. The van der Waals surface area contributed by atoms with E-state index in [0.717, 1.165) is 5.56 Å². The van der Waals surface area contributed by atoms with E-state index < -0.39 is 15.2 Å². The molecule has 0 spiro atoms. The summed E-state index contributed by atoms with van der Waals surface area (Å²) in [6.07, 6.45) is 0. The van der Waals surface area contributed by atoms with Crippen LogP contribution in [0.15, 0.2) is 54.6 Å². The fourth-order valence-electron chi connectivity index (χ4n) is 2.82. The van der Waals surface area contributed by atoms with Gasteiger partial charge in [-0.05, 0) is 5.56 Å². The zero-order valence-corrected chi connectivity index (χ0v) is 14.9. The normalized spacial score (nSPS) is 12.4. The van der Waals surface area contributed by atoms with Crippen LogP contribution in [0.3, 0.4) is 0 Å². The van der Waals surface area contributed by atoms with Crippen molar-refractivity contribution < 1.29 is 5.11 Å². The molecule has 0 aromatic heterocycles. The third kappa shape index (κ3) is 2.53. The number of aliphatic hydroxyl groups excluding tert-OH is 1. The van der Waals surface area contributed by atoms with E-state index in [1.807, 2.05) is 6.07 Å². The van der Waals surface area contributed by atoms with Gasteiger partial charge in [-0.25, -0.2) is 0 Å². The molecule has 0 unspecified atom stereocenters. The summed E-state index contributed by atoms with van der Waals surface area (Å²) >= 11 is 0. The topological polar surface area (TPSA) is 20.2 Å². The first-order valence-electron chi connectivity index (χ1n) is 7.16. The maximum atomic E-state index is 9.66. The number of aliphatic hydroxyl groups is 1. The Balaban J connectivity index is 2.54. The largest absolute Gasteiger partial charge is 0.392 e. The van der Waals surface area contributed by atoms with Gasteiger partial charge in [0.2, 0.25) is 0 Å². The second-order valence-electron chi connectivity index (χ2n) is 6.43. The monoisotopic (exact) mass is 300 g/mol. The Morgan fingerprint density at radius 3 is 1.90 bits per heavy atom. The Kier molecular flexibility index (Phi) is 4.32. The summed E-state index contributed by atoms with van der Waals surface area (Å²) in [5, 5.41) is 12.6. The standard InChI is InChI=1S/C17H24OSi2/c1-19(2,16-11-6-5-7-12-16)20(3,4)17-13-9-8-10-15(17)14-18/h5-13,18H,14H2,1-4H3. The average Bonchev–Trinajstić information content (AvgIpc) is 2.47. The number of rotatable bonds is 4. The molecule has 0 atom stereocenters. The zero-order valence-electron chi connectivity index (χ0n) is 12.9. The molecule has 106 valence electrons. The van der Waals surface area contributed by atoms with Crippen LogP contribution in [0.1, 0.15) is 5.56 Å². The highest BCUT2D eigenvalue weighted by Gasteiger charge is 2.44. The highest BCUT2D eigenvalue weighted by molar-refractivity contribution is 7.50. The number of hydrogen-bond donors (Lipinski definition) is 1. The van der Waals surface area contributed by atoms with Crippen molar-refractivity contribution in [2.45, 2.75) is 32.8 Å². The maximum absolute atomic E-state index is 9.66. The first-order valence-corrected chi connectivity index (χ1v) is 14.2. The molecule has 1 nitrogen and oxygen atoms in total. The van der Waals surface area contributed by atoms with Gasteiger partial charge >= 0.3 is 0 Å². The SMILES string of the molecule is C[Si](C)(c1ccccc1)[Si](C)(C)c1ccccc1CO. The van der Waals surface area contributed by atoms with Gasteiger partial charge in [0.25, 0.3) is 0 Å². The van der Waals surface area contributed by atoms with Crippen LogP contribution in [0.2, 0.25) is 26.2 Å². The summed E-state index contributed by atoms with van der Waals surface area (Å²) in [7, 11) is -3.20. The lowest BCUT2D eigenvalue weighted by Gasteiger charge is -2.40. The Hall–Kier alpha value is -1.17. The molecule has 0 aliphatic carbocycles. The Labute approximate surface area is 124 Å². The summed E-state index contributed by atoms with van der Waals surface area (Å²) in [6.45, 7) is 10.0. The highest BCUT2D eigenvalue weighted by Crippen LogP contribution is 2.21. The lowest BCUT2D eigenvalue weighted by molar-refractivity contribution is 0.283. The molecule has 0 radical (unpaired) electrons. The van der Waals surface area contributed by atoms with Crippen molar-refractivity contribution in [1.82, 2.24) is 0 Å². The van der Waals surface area contributed by atoms with Crippen molar-refractivity contribution in [2.24, 2.45) is 0 Å². The first kappa shape index (κ1) is 15.2. The number of hydrogen-bond acceptors (Lipinski definition) is 1. The van der Waals surface area contributed by atoms with Gasteiger partial charge in [0, 0.05) is 0 Å². The van der Waals surface area contributed by atoms with E-state index >= 15 is 0 Å². The van der Waals surface area contributed by atoms with Crippen LogP contribution in [0.25, 0.3) is 0 Å². The zero-order chi connectivity index (χ0) is 14.8. The van der Waals surface area contributed by atoms with Gasteiger partial charge in [-0.2, -0.15) is 0 Å². The van der Waals surface area contributed by atoms with Crippen LogP contribution in [0.5, 0.6) is 0 Å². The van der Waals surface area contributed by atoms with E-state index in [4.69, 9.17) is 0 Å². The summed E-state index contributed by atoms with van der Waals surface area (Å²) in [4.78, 5) is 0. The Morgan fingerprint density at radius 1 is 0.750 bits per heavy atom. The summed E-state index contributed by atoms with van der Waals surface area (Å²) < 4.78 is 0. The van der Waals surface area contributed by atoms with Gasteiger partial charge in [-0.3, -0.25) is 0 Å². The maximum Gasteiger partial charge on any atom is 0.0796 e. The van der Waals surface area contributed by atoms with Crippen molar-refractivity contribution in [1.29, 1.82) is 0 Å². The minimum Gasteiger partial charge on any atom is -0.392 e. The summed E-state index contributed by atoms with van der Waals surface area (Å²) in [5.74, 6) is 0. The molecule has 1 N–H and O–H groups in total. The van der Waals surface area contributed by atoms with E-state index in [2.05, 4.69) is 74.7 Å². The molecular weight excluding hydrogens is 276 g/mol. The quantitative estimate of drug-likeness (QED) is 0.861. The third-order valence-electron chi connectivity index (χ3n) is 4.92. The van der Waals surface area contributed by atoms with Crippen molar-refractivity contribution in [3.63, 3.8) is 0 Å². The summed E-state index contributed by atoms with van der Waals surface area (Å²) in [6, 6.07) is 19.4. The first-order chi connectivity index (χ1) is 9.41. The van der Waals surface area contributed by atoms with Gasteiger partial charge in [-0.15, -0.1) is 0 Å². The predicted molar refractivity (Wildman–Crippen MR) is 93.0 cm³/mol. The van der Waals surface area contributed by atoms with Gasteiger partial charge < -0.3 is 5.11 Å². The van der Waals surface area contributed by atoms with E-state index in [1.54, 1.807) is 0 Å². The molecule has 3 heteroatoms. The van der Waals surface area contributed by atoms with Gasteiger partial charge in [0.05, 0.1) is 21.8 Å². The molecule has 0 aliphatic rings. The van der Waals surface area contributed by atoms with E-state index in [0.29, 0.717) is 0 Å². The van der Waals surface area contributed by atoms with Crippen LogP contribution in [-0.4, -0.2) is 20.3 Å². The van der Waals surface area contributed by atoms with Crippen LogP contribution in [0, 0.1) is 0 Å². The second kappa shape index (κ2) is 5.68. The average molecular weight is 301 g/mol. The van der Waals surface area contributed by atoms with Crippen LogP contribution >= 0.6 is 0 Å². The lowest BCUT2D eigenvalue weighted by Crippen LogP contribution is -2.69. The molecule has 2 aromatic rings. The number of benzene rings is 2. The van der Waals surface area contributed by atoms with Crippen molar-refractivity contribution in [3.05, 3.63) is 60.2 Å².